The molecule has 1 aromatic carbocycles. The Hall–Kier alpha value is -2.72. The van der Waals surface area contributed by atoms with Crippen LogP contribution < -0.4 is 4.74 Å². The molecule has 10 heteroatoms. The van der Waals surface area contributed by atoms with Crippen LogP contribution in [-0.4, -0.2) is 58.8 Å². The molecule has 0 saturated carbocycles. The van der Waals surface area contributed by atoms with Crippen LogP contribution in [0, 0.1) is 6.92 Å². The van der Waals surface area contributed by atoms with E-state index < -0.39 is 0 Å². The Labute approximate surface area is 261 Å². The summed E-state index contributed by atoms with van der Waals surface area (Å²) in [6, 6.07) is 4.47. The van der Waals surface area contributed by atoms with E-state index in [1.54, 1.807) is 23.1 Å². The summed E-state index contributed by atoms with van der Waals surface area (Å²) < 4.78 is 13.1. The molecule has 3 heterocycles. The van der Waals surface area contributed by atoms with E-state index in [1.807, 2.05) is 11.8 Å². The van der Waals surface area contributed by atoms with Crippen molar-refractivity contribution < 1.29 is 19.1 Å². The highest BCUT2D eigenvalue weighted by Crippen LogP contribution is 2.43. The van der Waals surface area contributed by atoms with Crippen LogP contribution in [-0.2, 0) is 38.1 Å². The zero-order valence-corrected chi connectivity index (χ0v) is 28.7. The molecule has 228 valence electrons. The lowest BCUT2D eigenvalue weighted by atomic mass is 9.78. The number of piperidine rings is 1. The number of amides is 1. The van der Waals surface area contributed by atoms with Gasteiger partial charge in [0.05, 0.1) is 47.2 Å². The van der Waals surface area contributed by atoms with Crippen LogP contribution in [0.25, 0.3) is 11.3 Å². The zero-order chi connectivity index (χ0) is 31.0. The number of halogens is 1. The molecule has 0 bridgehead atoms. The van der Waals surface area contributed by atoms with Crippen molar-refractivity contribution >= 4 is 39.1 Å². The normalized spacial score (nSPS) is 14.8. The number of hydrogen-bond acceptors (Lipinski definition) is 7. The molecule has 42 heavy (non-hydrogen) atoms. The molecule has 0 radical (unpaired) electrons. The number of methoxy groups -OCH3 is 2. The van der Waals surface area contributed by atoms with Gasteiger partial charge in [0.2, 0.25) is 5.91 Å². The van der Waals surface area contributed by atoms with Gasteiger partial charge < -0.3 is 14.4 Å². The van der Waals surface area contributed by atoms with E-state index in [2.05, 4.69) is 80.1 Å². The van der Waals surface area contributed by atoms with Crippen LogP contribution in [0.1, 0.15) is 87.8 Å². The fourth-order valence-electron chi connectivity index (χ4n) is 5.39. The zero-order valence-electron chi connectivity index (χ0n) is 26.3. The maximum absolute atomic E-state index is 13.2. The number of carbonyl (C=O) groups excluding carboxylic acids is 2. The highest BCUT2D eigenvalue weighted by atomic mass is 79.9. The number of nitrogens with zero attached hydrogens (tertiary/aromatic N) is 4. The number of rotatable bonds is 7. The monoisotopic (exact) mass is 658 g/mol. The van der Waals surface area contributed by atoms with E-state index in [4.69, 9.17) is 14.5 Å². The summed E-state index contributed by atoms with van der Waals surface area (Å²) >= 11 is 5.21. The molecular formula is C32H43BrN4O4S. The number of carbonyl (C=O) groups is 2. The Bertz CT molecular complexity index is 1420. The molecular weight excluding hydrogens is 616 g/mol. The Morgan fingerprint density at radius 1 is 1.05 bits per heavy atom. The number of ether oxygens (including phenoxy) is 2. The fourth-order valence-corrected chi connectivity index (χ4v) is 6.81. The maximum Gasteiger partial charge on any atom is 0.311 e. The molecule has 0 atom stereocenters. The largest absolute Gasteiger partial charge is 0.496 e. The van der Waals surface area contributed by atoms with Crippen LogP contribution in [0.15, 0.2) is 22.0 Å². The Morgan fingerprint density at radius 2 is 1.64 bits per heavy atom. The van der Waals surface area contributed by atoms with Gasteiger partial charge in [-0.1, -0.05) is 41.5 Å². The smallest absolute Gasteiger partial charge is 0.311 e. The van der Waals surface area contributed by atoms with Crippen LogP contribution in [0.4, 0.5) is 0 Å². The molecule has 1 fully saturated rings. The molecule has 0 spiro atoms. The van der Waals surface area contributed by atoms with Crippen molar-refractivity contribution in [1.29, 1.82) is 0 Å². The third-order valence-electron chi connectivity index (χ3n) is 7.95. The molecule has 1 aliphatic heterocycles. The molecule has 0 N–H and O–H groups in total. The van der Waals surface area contributed by atoms with E-state index in [9.17, 15) is 9.59 Å². The molecule has 8 nitrogen and oxygen atoms in total. The predicted molar refractivity (Wildman–Crippen MR) is 170 cm³/mol. The standard InChI is InChI=1S/C32H43BrN4O4S/c1-19-28(33)24(16-27(39)40-8)35-37(19)17-26(38)36-12-10-20(11-13-36)30-34-25(18-42-30)21-14-22(31(2,3)4)29(41-9)23(15-21)32(5,6)7/h14-15,18,20H,10-13,16-17H2,1-9H3. The topological polar surface area (TPSA) is 86.5 Å². The molecule has 0 unspecified atom stereocenters. The minimum atomic E-state index is -0.365. The van der Waals surface area contributed by atoms with Gasteiger partial charge in [-0.05, 0) is 58.7 Å². The summed E-state index contributed by atoms with van der Waals surface area (Å²) in [5.74, 6) is 0.945. The van der Waals surface area contributed by atoms with Crippen molar-refractivity contribution in [2.45, 2.75) is 91.0 Å². The van der Waals surface area contributed by atoms with Crippen molar-refractivity contribution in [1.82, 2.24) is 19.7 Å². The third-order valence-corrected chi connectivity index (χ3v) is 9.99. The summed E-state index contributed by atoms with van der Waals surface area (Å²) in [5, 5.41) is 7.78. The number of likely N-dealkylation sites (tertiary alicyclic amines) is 1. The lowest BCUT2D eigenvalue weighted by molar-refractivity contribution is -0.139. The second-order valence-corrected chi connectivity index (χ2v) is 14.8. The first kappa shape index (κ1) is 32.2. The molecule has 2 aromatic heterocycles. The third kappa shape index (κ3) is 6.91. The Morgan fingerprint density at radius 3 is 2.17 bits per heavy atom. The van der Waals surface area contributed by atoms with Crippen molar-refractivity contribution in [3.05, 3.63) is 49.5 Å². The van der Waals surface area contributed by atoms with Gasteiger partial charge in [-0.3, -0.25) is 14.3 Å². The molecule has 4 rings (SSSR count). The summed E-state index contributed by atoms with van der Waals surface area (Å²) in [6.45, 7) is 16.7. The highest BCUT2D eigenvalue weighted by molar-refractivity contribution is 9.10. The van der Waals surface area contributed by atoms with Crippen LogP contribution in [0.5, 0.6) is 5.75 Å². The number of thiazole rings is 1. The van der Waals surface area contributed by atoms with Gasteiger partial charge in [0, 0.05) is 41.1 Å². The van der Waals surface area contributed by atoms with Crippen molar-refractivity contribution in [3.8, 4) is 17.0 Å². The quantitative estimate of drug-likeness (QED) is 0.260. The van der Waals surface area contributed by atoms with Crippen LogP contribution in [0.2, 0.25) is 0 Å². The number of aromatic nitrogens is 3. The van der Waals surface area contributed by atoms with Gasteiger partial charge in [-0.25, -0.2) is 4.98 Å². The molecule has 1 saturated heterocycles. The van der Waals surface area contributed by atoms with Crippen molar-refractivity contribution in [3.63, 3.8) is 0 Å². The summed E-state index contributed by atoms with van der Waals surface area (Å²) in [6.07, 6.45) is 1.81. The average molecular weight is 660 g/mol. The van der Waals surface area contributed by atoms with Gasteiger partial charge in [0.1, 0.15) is 12.3 Å². The summed E-state index contributed by atoms with van der Waals surface area (Å²) in [5.41, 5.74) is 5.72. The Balaban J connectivity index is 1.46. The second kappa shape index (κ2) is 12.5. The second-order valence-electron chi connectivity index (χ2n) is 13.1. The predicted octanol–water partition coefficient (Wildman–Crippen LogP) is 6.80. The molecule has 1 amide bonds. The maximum atomic E-state index is 13.2. The first-order chi connectivity index (χ1) is 19.6. The summed E-state index contributed by atoms with van der Waals surface area (Å²) in [7, 11) is 3.11. The molecule has 0 aliphatic carbocycles. The first-order valence-corrected chi connectivity index (χ1v) is 16.1. The van der Waals surface area contributed by atoms with Gasteiger partial charge >= 0.3 is 5.97 Å². The average Bonchev–Trinajstić information content (AvgIpc) is 3.53. The van der Waals surface area contributed by atoms with Gasteiger partial charge in [-0.2, -0.15) is 5.10 Å². The fraction of sp³-hybridized carbons (Fsp3) is 0.562. The van der Waals surface area contributed by atoms with Gasteiger partial charge in [0.15, 0.2) is 0 Å². The minimum Gasteiger partial charge on any atom is -0.496 e. The SMILES string of the molecule is COC(=O)Cc1nn(CC(=O)N2CCC(c3nc(-c4cc(C(C)(C)C)c(OC)c(C(C)(C)C)c4)cs3)CC2)c(C)c1Br. The van der Waals surface area contributed by atoms with Gasteiger partial charge in [-0.15, -0.1) is 11.3 Å². The highest BCUT2D eigenvalue weighted by Gasteiger charge is 2.30. The summed E-state index contributed by atoms with van der Waals surface area (Å²) in [4.78, 5) is 31.9. The first-order valence-electron chi connectivity index (χ1n) is 14.4. The van der Waals surface area contributed by atoms with Crippen LogP contribution in [0.3, 0.4) is 0 Å². The van der Waals surface area contributed by atoms with E-state index in [-0.39, 0.29) is 35.7 Å². The van der Waals surface area contributed by atoms with E-state index in [0.717, 1.165) is 45.0 Å². The number of benzene rings is 1. The number of hydrogen-bond donors (Lipinski definition) is 0. The minimum absolute atomic E-state index is 0.0265. The van der Waals surface area contributed by atoms with Crippen molar-refractivity contribution in [2.75, 3.05) is 27.3 Å². The Kier molecular flexibility index (Phi) is 9.57. The molecule has 3 aromatic rings. The van der Waals surface area contributed by atoms with E-state index in [1.165, 1.54) is 18.2 Å². The van der Waals surface area contributed by atoms with Crippen molar-refractivity contribution in [2.24, 2.45) is 0 Å². The van der Waals surface area contributed by atoms with E-state index >= 15 is 0 Å². The van der Waals surface area contributed by atoms with Crippen LogP contribution >= 0.6 is 27.3 Å². The molecule has 1 aliphatic rings. The lowest BCUT2D eigenvalue weighted by Gasteiger charge is -2.31. The number of esters is 1. The van der Waals surface area contributed by atoms with Gasteiger partial charge in [0.25, 0.3) is 0 Å². The van der Waals surface area contributed by atoms with E-state index in [0.29, 0.717) is 24.7 Å². The lowest BCUT2D eigenvalue weighted by Crippen LogP contribution is -2.40.